The Morgan fingerprint density at radius 1 is 1.08 bits per heavy atom. The Labute approximate surface area is 143 Å². The highest BCUT2D eigenvalue weighted by atomic mass is 35.5. The van der Waals surface area contributed by atoms with E-state index in [2.05, 4.69) is 4.98 Å². The highest BCUT2D eigenvalue weighted by Crippen LogP contribution is 2.42. The van der Waals surface area contributed by atoms with Crippen LogP contribution in [0.25, 0.3) is 22.0 Å². The fourth-order valence-corrected chi connectivity index (χ4v) is 3.44. The lowest BCUT2D eigenvalue weighted by Gasteiger charge is -2.22. The molecule has 24 heavy (non-hydrogen) atoms. The van der Waals surface area contributed by atoms with E-state index in [-0.39, 0.29) is 23.1 Å². The molecule has 0 spiro atoms. The number of ether oxygens (including phenoxy) is 1. The second-order valence-electron chi connectivity index (χ2n) is 5.45. The highest BCUT2D eigenvalue weighted by molar-refractivity contribution is 6.36. The van der Waals surface area contributed by atoms with Crippen LogP contribution < -0.4 is 0 Å². The molecule has 0 atom stereocenters. The van der Waals surface area contributed by atoms with Gasteiger partial charge in [-0.25, -0.2) is 9.78 Å². The molecule has 118 valence electrons. The third-order valence-electron chi connectivity index (χ3n) is 4.13. The molecular weight excluding hydrogens is 326 g/mol. The number of hydrogen-bond donors (Lipinski definition) is 0. The van der Waals surface area contributed by atoms with Crippen LogP contribution >= 0.6 is 11.6 Å². The molecule has 4 rings (SSSR count). The lowest BCUT2D eigenvalue weighted by molar-refractivity contribution is 0.0527. The van der Waals surface area contributed by atoms with Gasteiger partial charge < -0.3 is 4.74 Å². The van der Waals surface area contributed by atoms with E-state index >= 15 is 0 Å². The van der Waals surface area contributed by atoms with Crippen LogP contribution in [0.2, 0.25) is 5.15 Å². The van der Waals surface area contributed by atoms with Crippen LogP contribution in [0, 0.1) is 0 Å². The van der Waals surface area contributed by atoms with Crippen molar-refractivity contribution in [1.29, 1.82) is 0 Å². The number of halogens is 1. The standard InChI is InChI=1S/C19H12ClNO3/c1-2-24-19(23)16-15-10-6-3-4-7-11(10)17(22)12-8-5-9-13(14(12)15)21-18(16)20/h3-9H,2H2,1H3. The van der Waals surface area contributed by atoms with Crippen LogP contribution in [0.3, 0.4) is 0 Å². The second-order valence-corrected chi connectivity index (χ2v) is 5.81. The number of esters is 1. The SMILES string of the molecule is CCOC(=O)c1c(Cl)nc2cccc3c2c1-c1ccccc1C3=O. The highest BCUT2D eigenvalue weighted by Gasteiger charge is 2.31. The maximum Gasteiger partial charge on any atom is 0.341 e. The van der Waals surface area contributed by atoms with Crippen molar-refractivity contribution in [3.63, 3.8) is 0 Å². The number of carbonyl (C=O) groups excluding carboxylic acids is 2. The summed E-state index contributed by atoms with van der Waals surface area (Å²) in [5.74, 6) is -0.617. The van der Waals surface area contributed by atoms with Gasteiger partial charge in [-0.1, -0.05) is 48.0 Å². The van der Waals surface area contributed by atoms with Crippen molar-refractivity contribution in [2.45, 2.75) is 6.92 Å². The number of aromatic nitrogens is 1. The Bertz CT molecular complexity index is 1030. The summed E-state index contributed by atoms with van der Waals surface area (Å²) < 4.78 is 5.16. The summed E-state index contributed by atoms with van der Waals surface area (Å²) in [6.07, 6.45) is 0. The van der Waals surface area contributed by atoms with E-state index in [1.54, 1.807) is 37.3 Å². The molecule has 0 N–H and O–H groups in total. The molecular formula is C19H12ClNO3. The molecule has 1 heterocycles. The van der Waals surface area contributed by atoms with Crippen LogP contribution in [0.15, 0.2) is 42.5 Å². The van der Waals surface area contributed by atoms with E-state index in [9.17, 15) is 9.59 Å². The quantitative estimate of drug-likeness (QED) is 0.405. The first kappa shape index (κ1) is 14.8. The largest absolute Gasteiger partial charge is 0.462 e. The molecule has 0 saturated carbocycles. The number of pyridine rings is 1. The topological polar surface area (TPSA) is 56.3 Å². The van der Waals surface area contributed by atoms with Gasteiger partial charge in [0.05, 0.1) is 12.1 Å². The first-order chi connectivity index (χ1) is 11.6. The summed E-state index contributed by atoms with van der Waals surface area (Å²) in [6.45, 7) is 1.96. The van der Waals surface area contributed by atoms with Gasteiger partial charge in [0, 0.05) is 22.1 Å². The Balaban J connectivity index is 2.21. The summed E-state index contributed by atoms with van der Waals surface area (Å²) in [5, 5.41) is 0.728. The van der Waals surface area contributed by atoms with Crippen molar-refractivity contribution in [2.24, 2.45) is 0 Å². The molecule has 1 aliphatic rings. The minimum Gasteiger partial charge on any atom is -0.462 e. The van der Waals surface area contributed by atoms with E-state index in [1.165, 1.54) is 0 Å². The van der Waals surface area contributed by atoms with Gasteiger partial charge in [0.25, 0.3) is 0 Å². The fourth-order valence-electron chi connectivity index (χ4n) is 3.18. The van der Waals surface area contributed by atoms with E-state index < -0.39 is 5.97 Å². The average Bonchev–Trinajstić information content (AvgIpc) is 2.59. The van der Waals surface area contributed by atoms with Crippen molar-refractivity contribution < 1.29 is 14.3 Å². The zero-order valence-corrected chi connectivity index (χ0v) is 13.6. The maximum absolute atomic E-state index is 12.8. The normalized spacial score (nSPS) is 12.2. The molecule has 1 aliphatic carbocycles. The van der Waals surface area contributed by atoms with Gasteiger partial charge >= 0.3 is 5.97 Å². The zero-order chi connectivity index (χ0) is 16.8. The van der Waals surface area contributed by atoms with Crippen LogP contribution in [-0.4, -0.2) is 23.3 Å². The van der Waals surface area contributed by atoms with Gasteiger partial charge in [0.15, 0.2) is 5.78 Å². The minimum absolute atomic E-state index is 0.0808. The molecule has 1 aromatic heterocycles. The number of carbonyl (C=O) groups is 2. The Hall–Kier alpha value is -2.72. The van der Waals surface area contributed by atoms with Crippen molar-refractivity contribution >= 4 is 34.3 Å². The van der Waals surface area contributed by atoms with E-state index in [4.69, 9.17) is 16.3 Å². The number of ketones is 1. The maximum atomic E-state index is 12.8. The second kappa shape index (κ2) is 5.42. The molecule has 5 heteroatoms. The molecule has 0 fully saturated rings. The molecule has 0 unspecified atom stereocenters. The molecule has 3 aromatic rings. The van der Waals surface area contributed by atoms with Gasteiger partial charge in [-0.05, 0) is 18.6 Å². The van der Waals surface area contributed by atoms with Crippen LogP contribution in [0.5, 0.6) is 0 Å². The van der Waals surface area contributed by atoms with Crippen molar-refractivity contribution in [3.05, 3.63) is 64.3 Å². The van der Waals surface area contributed by atoms with Crippen molar-refractivity contribution in [3.8, 4) is 11.1 Å². The summed E-state index contributed by atoms with van der Waals surface area (Å²) in [4.78, 5) is 29.6. The number of benzene rings is 2. The third-order valence-corrected chi connectivity index (χ3v) is 4.41. The summed E-state index contributed by atoms with van der Waals surface area (Å²) in [6, 6.07) is 12.5. The predicted molar refractivity (Wildman–Crippen MR) is 91.6 cm³/mol. The molecule has 0 saturated heterocycles. The lowest BCUT2D eigenvalue weighted by atomic mass is 9.82. The third kappa shape index (κ3) is 1.96. The van der Waals surface area contributed by atoms with E-state index in [0.717, 1.165) is 0 Å². The summed E-state index contributed by atoms with van der Waals surface area (Å²) in [5.41, 5.74) is 3.16. The first-order valence-corrected chi connectivity index (χ1v) is 7.94. The average molecular weight is 338 g/mol. The molecule has 4 nitrogen and oxygen atoms in total. The summed E-state index contributed by atoms with van der Waals surface area (Å²) in [7, 11) is 0. The van der Waals surface area contributed by atoms with Gasteiger partial charge in [0.1, 0.15) is 10.7 Å². The Morgan fingerprint density at radius 2 is 1.79 bits per heavy atom. The lowest BCUT2D eigenvalue weighted by Crippen LogP contribution is -2.15. The monoisotopic (exact) mass is 337 g/mol. The Kier molecular flexibility index (Phi) is 3.36. The van der Waals surface area contributed by atoms with E-state index in [0.29, 0.717) is 33.2 Å². The minimum atomic E-state index is -0.536. The number of hydrogen-bond acceptors (Lipinski definition) is 4. The zero-order valence-electron chi connectivity index (χ0n) is 12.8. The van der Waals surface area contributed by atoms with Gasteiger partial charge in [0.2, 0.25) is 0 Å². The van der Waals surface area contributed by atoms with Crippen molar-refractivity contribution in [2.75, 3.05) is 6.61 Å². The van der Waals surface area contributed by atoms with Crippen LogP contribution in [0.4, 0.5) is 0 Å². The molecule has 0 amide bonds. The molecule has 2 aromatic carbocycles. The van der Waals surface area contributed by atoms with E-state index in [1.807, 2.05) is 12.1 Å². The number of fused-ring (bicyclic) bond motifs is 2. The van der Waals surface area contributed by atoms with Crippen LogP contribution in [-0.2, 0) is 4.74 Å². The number of nitrogens with zero attached hydrogens (tertiary/aromatic N) is 1. The molecule has 0 aliphatic heterocycles. The van der Waals surface area contributed by atoms with Crippen molar-refractivity contribution in [1.82, 2.24) is 4.98 Å². The molecule has 0 radical (unpaired) electrons. The number of rotatable bonds is 2. The van der Waals surface area contributed by atoms with Crippen LogP contribution in [0.1, 0.15) is 33.2 Å². The van der Waals surface area contributed by atoms with Gasteiger partial charge in [-0.15, -0.1) is 0 Å². The van der Waals surface area contributed by atoms with Gasteiger partial charge in [-0.2, -0.15) is 0 Å². The Morgan fingerprint density at radius 3 is 2.54 bits per heavy atom. The smallest absolute Gasteiger partial charge is 0.341 e. The van der Waals surface area contributed by atoms with Gasteiger partial charge in [-0.3, -0.25) is 4.79 Å². The summed E-state index contributed by atoms with van der Waals surface area (Å²) >= 11 is 6.30. The first-order valence-electron chi connectivity index (χ1n) is 7.57. The fraction of sp³-hybridized carbons (Fsp3) is 0.105. The molecule has 0 bridgehead atoms. The predicted octanol–water partition coefficient (Wildman–Crippen LogP) is 4.28.